The molecule has 2 aliphatic heterocycles. The Morgan fingerprint density at radius 2 is 0.614 bits per heavy atom. The van der Waals surface area contributed by atoms with Crippen molar-refractivity contribution in [2.75, 3.05) is 9.80 Å². The van der Waals surface area contributed by atoms with E-state index >= 15 is 0 Å². The van der Waals surface area contributed by atoms with Crippen LogP contribution in [0.4, 0.5) is 34.1 Å². The van der Waals surface area contributed by atoms with Crippen LogP contribution in [0.2, 0.25) is 0 Å². The number of rotatable bonds is 4. The SMILES string of the molecule is c1ccc2c(c1)CCc1ccccc1N2c1ccc2c(-c3cccc4sc5ccccc5c34)c3cc(N4c5ccccc5CCc5ccccc54)ccc3c(-c3cccc4sc5ccccc5c34)c2c1. The summed E-state index contributed by atoms with van der Waals surface area (Å²) < 4.78 is 5.23. The highest BCUT2D eigenvalue weighted by Gasteiger charge is 2.28. The number of nitrogens with zero attached hydrogens (tertiary/aromatic N) is 2. The smallest absolute Gasteiger partial charge is 0.0493 e. The molecular formula is C66H44N2S2. The highest BCUT2D eigenvalue weighted by Crippen LogP contribution is 2.54. The fraction of sp³-hybridized carbons (Fsp3) is 0.0606. The maximum absolute atomic E-state index is 2.54. The Morgan fingerprint density at radius 1 is 0.271 bits per heavy atom. The average molecular weight is 929 g/mol. The van der Waals surface area contributed by atoms with Crippen LogP contribution in [0.5, 0.6) is 0 Å². The van der Waals surface area contributed by atoms with E-state index < -0.39 is 0 Å². The van der Waals surface area contributed by atoms with E-state index in [1.54, 1.807) is 0 Å². The van der Waals surface area contributed by atoms with Gasteiger partial charge in [0.05, 0.1) is 0 Å². The quantitative estimate of drug-likeness (QED) is 0.162. The van der Waals surface area contributed by atoms with Crippen LogP contribution < -0.4 is 9.80 Å². The molecule has 0 bridgehead atoms. The van der Waals surface area contributed by atoms with Crippen molar-refractivity contribution in [1.29, 1.82) is 0 Å². The summed E-state index contributed by atoms with van der Waals surface area (Å²) in [5, 5.41) is 10.2. The Bertz CT molecular complexity index is 3920. The molecule has 13 aromatic rings. The molecule has 4 heterocycles. The van der Waals surface area contributed by atoms with Gasteiger partial charge in [0.1, 0.15) is 0 Å². The van der Waals surface area contributed by atoms with Crippen molar-refractivity contribution in [3.8, 4) is 22.3 Å². The van der Waals surface area contributed by atoms with Crippen LogP contribution in [-0.2, 0) is 25.7 Å². The fourth-order valence-electron chi connectivity index (χ4n) is 12.1. The average Bonchev–Trinajstić information content (AvgIpc) is 3.88. The summed E-state index contributed by atoms with van der Waals surface area (Å²) in [6.45, 7) is 0. The van der Waals surface area contributed by atoms with Crippen LogP contribution in [0.15, 0.2) is 218 Å². The summed E-state index contributed by atoms with van der Waals surface area (Å²) in [7, 11) is 0. The van der Waals surface area contributed by atoms with Crippen molar-refractivity contribution in [2.45, 2.75) is 25.7 Å². The lowest BCUT2D eigenvalue weighted by atomic mass is 9.83. The monoisotopic (exact) mass is 928 g/mol. The van der Waals surface area contributed by atoms with Crippen LogP contribution in [0.3, 0.4) is 0 Å². The molecule has 0 atom stereocenters. The molecule has 0 radical (unpaired) electrons. The molecule has 0 spiro atoms. The highest BCUT2D eigenvalue weighted by atomic mass is 32.1. The first-order valence-corrected chi connectivity index (χ1v) is 26.1. The van der Waals surface area contributed by atoms with Gasteiger partial charge in [-0.05, 0) is 165 Å². The maximum Gasteiger partial charge on any atom is 0.0493 e. The molecule has 0 unspecified atom stereocenters. The van der Waals surface area contributed by atoms with Gasteiger partial charge in [-0.25, -0.2) is 0 Å². The van der Waals surface area contributed by atoms with E-state index in [0.29, 0.717) is 0 Å². The van der Waals surface area contributed by atoms with Crippen LogP contribution in [-0.4, -0.2) is 0 Å². The van der Waals surface area contributed by atoms with Crippen molar-refractivity contribution < 1.29 is 0 Å². The van der Waals surface area contributed by atoms with Crippen LogP contribution >= 0.6 is 22.7 Å². The van der Waals surface area contributed by atoms with Gasteiger partial charge in [0.25, 0.3) is 0 Å². The minimum absolute atomic E-state index is 0.997. The molecule has 0 amide bonds. The van der Waals surface area contributed by atoms with E-state index in [1.807, 2.05) is 22.7 Å². The Hall–Kier alpha value is -8.02. The van der Waals surface area contributed by atoms with Gasteiger partial charge in [-0.15, -0.1) is 22.7 Å². The second kappa shape index (κ2) is 15.8. The zero-order valence-corrected chi connectivity index (χ0v) is 40.0. The van der Waals surface area contributed by atoms with Gasteiger partial charge in [0.15, 0.2) is 0 Å². The molecule has 15 rings (SSSR count). The van der Waals surface area contributed by atoms with Gasteiger partial charge in [-0.1, -0.05) is 146 Å². The first-order chi connectivity index (χ1) is 34.7. The lowest BCUT2D eigenvalue weighted by Gasteiger charge is -2.29. The number of hydrogen-bond acceptors (Lipinski definition) is 4. The lowest BCUT2D eigenvalue weighted by Crippen LogP contribution is -2.12. The third-order valence-corrected chi connectivity index (χ3v) is 17.5. The van der Waals surface area contributed by atoms with E-state index in [2.05, 4.69) is 228 Å². The fourth-order valence-corrected chi connectivity index (χ4v) is 14.4. The summed E-state index contributed by atoms with van der Waals surface area (Å²) in [5.74, 6) is 0. The number of thiophene rings is 2. The van der Waals surface area contributed by atoms with Crippen molar-refractivity contribution in [3.63, 3.8) is 0 Å². The number of benzene rings is 11. The number of anilines is 6. The number of aryl methyl sites for hydroxylation is 4. The summed E-state index contributed by atoms with van der Waals surface area (Å²) in [6, 6.07) is 82.8. The van der Waals surface area contributed by atoms with Crippen molar-refractivity contribution >= 4 is 119 Å². The minimum atomic E-state index is 0.997. The summed E-state index contributed by atoms with van der Waals surface area (Å²) in [5.41, 5.74) is 17.9. The van der Waals surface area contributed by atoms with Gasteiger partial charge in [-0.3, -0.25) is 0 Å². The van der Waals surface area contributed by atoms with E-state index in [0.717, 1.165) is 37.1 Å². The van der Waals surface area contributed by atoms with Crippen molar-refractivity contribution in [1.82, 2.24) is 0 Å². The van der Waals surface area contributed by atoms with Gasteiger partial charge in [-0.2, -0.15) is 0 Å². The molecule has 11 aromatic carbocycles. The molecule has 70 heavy (non-hydrogen) atoms. The molecule has 0 fully saturated rings. The van der Waals surface area contributed by atoms with E-state index in [9.17, 15) is 0 Å². The standard InChI is InChI=1S/C66H44N2S2/c1-7-23-55-41(15-1)31-32-42-16-2-8-24-56(42)67(55)45-35-37-47-53(39-45)63(51-21-13-29-61-65(51)49-19-5-11-27-59(49)69-61)48-38-36-46(68-57-25-9-3-17-43(57)33-34-44-18-4-10-26-58(44)68)40-54(48)64(47)52-22-14-30-62-66(52)50-20-6-12-28-60(50)70-62/h1-30,35-40H,31-34H2. The molecule has 0 saturated carbocycles. The zero-order valence-electron chi connectivity index (χ0n) is 38.3. The molecule has 0 aliphatic carbocycles. The molecule has 2 aromatic heterocycles. The number of fused-ring (bicyclic) bond motifs is 12. The van der Waals surface area contributed by atoms with E-state index in [-0.39, 0.29) is 0 Å². The van der Waals surface area contributed by atoms with Crippen molar-refractivity contribution in [3.05, 3.63) is 241 Å². The molecule has 330 valence electrons. The summed E-state index contributed by atoms with van der Waals surface area (Å²) in [6.07, 6.45) is 3.99. The Balaban J connectivity index is 1.12. The zero-order chi connectivity index (χ0) is 45.9. The van der Waals surface area contributed by atoms with E-state index in [4.69, 9.17) is 0 Å². The minimum Gasteiger partial charge on any atom is -0.310 e. The third kappa shape index (κ3) is 6.03. The second-order valence-corrected chi connectivity index (χ2v) is 21.1. The first kappa shape index (κ1) is 39.9. The highest BCUT2D eigenvalue weighted by molar-refractivity contribution is 7.26. The molecule has 2 nitrogen and oxygen atoms in total. The van der Waals surface area contributed by atoms with Crippen molar-refractivity contribution in [2.24, 2.45) is 0 Å². The summed E-state index contributed by atoms with van der Waals surface area (Å²) in [4.78, 5) is 5.07. The first-order valence-electron chi connectivity index (χ1n) is 24.5. The number of hydrogen-bond donors (Lipinski definition) is 0. The normalized spacial score (nSPS) is 13.4. The van der Waals surface area contributed by atoms with E-state index in [1.165, 1.54) is 129 Å². The number of para-hydroxylation sites is 4. The lowest BCUT2D eigenvalue weighted by molar-refractivity contribution is 0.977. The molecular weight excluding hydrogens is 885 g/mol. The van der Waals surface area contributed by atoms with Crippen LogP contribution in [0.25, 0.3) is 84.1 Å². The Morgan fingerprint density at radius 3 is 1.01 bits per heavy atom. The largest absolute Gasteiger partial charge is 0.310 e. The van der Waals surface area contributed by atoms with Crippen LogP contribution in [0.1, 0.15) is 22.3 Å². The van der Waals surface area contributed by atoms with Gasteiger partial charge in [0.2, 0.25) is 0 Å². The van der Waals surface area contributed by atoms with Gasteiger partial charge in [0, 0.05) is 74.5 Å². The van der Waals surface area contributed by atoms with Gasteiger partial charge < -0.3 is 9.80 Å². The van der Waals surface area contributed by atoms with Gasteiger partial charge >= 0.3 is 0 Å². The maximum atomic E-state index is 2.54. The second-order valence-electron chi connectivity index (χ2n) is 18.9. The van der Waals surface area contributed by atoms with Crippen LogP contribution in [0, 0.1) is 0 Å². The predicted molar refractivity (Wildman–Crippen MR) is 302 cm³/mol. The molecule has 0 N–H and O–H groups in total. The topological polar surface area (TPSA) is 6.48 Å². The Kier molecular flexibility index (Phi) is 8.99. The molecule has 2 aliphatic rings. The Labute approximate surface area is 414 Å². The molecule has 4 heteroatoms. The third-order valence-electron chi connectivity index (χ3n) is 15.2. The predicted octanol–water partition coefficient (Wildman–Crippen LogP) is 19.2. The summed E-state index contributed by atoms with van der Waals surface area (Å²) >= 11 is 3.79. The molecule has 0 saturated heterocycles.